The van der Waals surface area contributed by atoms with Gasteiger partial charge >= 0.3 is 0 Å². The van der Waals surface area contributed by atoms with Gasteiger partial charge in [0.05, 0.1) is 5.41 Å². The van der Waals surface area contributed by atoms with Crippen molar-refractivity contribution in [1.82, 2.24) is 5.32 Å². The van der Waals surface area contributed by atoms with E-state index >= 15 is 0 Å². The molecule has 0 unspecified atom stereocenters. The van der Waals surface area contributed by atoms with Gasteiger partial charge in [-0.1, -0.05) is 48.0 Å². The van der Waals surface area contributed by atoms with Crippen LogP contribution in [0.2, 0.25) is 0 Å². The predicted octanol–water partition coefficient (Wildman–Crippen LogP) is 3.37. The molecule has 0 aromatic carbocycles. The Morgan fingerprint density at radius 3 is 1.94 bits per heavy atom. The van der Waals surface area contributed by atoms with E-state index in [0.717, 1.165) is 25.8 Å². The third kappa shape index (κ3) is 1.99. The van der Waals surface area contributed by atoms with Crippen LogP contribution in [0.5, 0.6) is 0 Å². The summed E-state index contributed by atoms with van der Waals surface area (Å²) in [7, 11) is 0. The van der Waals surface area contributed by atoms with Crippen molar-refractivity contribution in [2.45, 2.75) is 60.8 Å². The van der Waals surface area contributed by atoms with Crippen LogP contribution in [0.1, 0.15) is 60.8 Å². The second kappa shape index (κ2) is 4.05. The highest BCUT2D eigenvalue weighted by Gasteiger charge is 2.55. The first-order valence-electron chi connectivity index (χ1n) is 6.41. The SMILES string of the molecule is CC(C)(C)C1(C(C)(C)C)CCCCNC1=O. The highest BCUT2D eigenvalue weighted by atomic mass is 16.2. The molecule has 0 spiro atoms. The standard InChI is InChI=1S/C14H27NO/c1-12(2,3)14(13(4,5)6)9-7-8-10-15-11(14)16/h7-10H2,1-6H3,(H,15,16). The summed E-state index contributed by atoms with van der Waals surface area (Å²) in [6.07, 6.45) is 3.26. The van der Waals surface area contributed by atoms with E-state index in [1.54, 1.807) is 0 Å². The summed E-state index contributed by atoms with van der Waals surface area (Å²) in [5.41, 5.74) is -0.254. The van der Waals surface area contributed by atoms with Crippen molar-refractivity contribution in [3.63, 3.8) is 0 Å². The number of carbonyl (C=O) groups excluding carboxylic acids is 1. The molecule has 16 heavy (non-hydrogen) atoms. The van der Waals surface area contributed by atoms with Crippen molar-refractivity contribution in [2.75, 3.05) is 6.54 Å². The lowest BCUT2D eigenvalue weighted by Gasteiger charge is -2.51. The van der Waals surface area contributed by atoms with Gasteiger partial charge in [-0.2, -0.15) is 0 Å². The van der Waals surface area contributed by atoms with Crippen molar-refractivity contribution in [2.24, 2.45) is 16.2 Å². The predicted molar refractivity (Wildman–Crippen MR) is 68.2 cm³/mol. The highest BCUT2D eigenvalue weighted by Crippen LogP contribution is 2.55. The Morgan fingerprint density at radius 2 is 1.50 bits per heavy atom. The zero-order valence-corrected chi connectivity index (χ0v) is 11.7. The van der Waals surface area contributed by atoms with Crippen LogP contribution < -0.4 is 5.32 Å². The molecule has 1 N–H and O–H groups in total. The molecule has 0 bridgehead atoms. The molecular formula is C14H27NO. The van der Waals surface area contributed by atoms with Gasteiger partial charge in [0.2, 0.25) is 5.91 Å². The van der Waals surface area contributed by atoms with Crippen LogP contribution in [-0.2, 0) is 4.79 Å². The van der Waals surface area contributed by atoms with Gasteiger partial charge in [0.1, 0.15) is 0 Å². The minimum absolute atomic E-state index is 0.000324. The van der Waals surface area contributed by atoms with E-state index in [1.165, 1.54) is 0 Å². The number of nitrogens with one attached hydrogen (secondary N) is 1. The smallest absolute Gasteiger partial charge is 0.227 e. The first-order valence-corrected chi connectivity index (χ1v) is 6.41. The number of amides is 1. The molecule has 1 saturated heterocycles. The fourth-order valence-corrected chi connectivity index (χ4v) is 3.54. The third-order valence-electron chi connectivity index (χ3n) is 4.21. The Morgan fingerprint density at radius 1 is 1.00 bits per heavy atom. The largest absolute Gasteiger partial charge is 0.356 e. The molecule has 0 saturated carbocycles. The van der Waals surface area contributed by atoms with E-state index in [2.05, 4.69) is 46.9 Å². The lowest BCUT2D eigenvalue weighted by atomic mass is 9.52. The molecule has 1 rings (SSSR count). The summed E-state index contributed by atoms with van der Waals surface area (Å²) in [5, 5.41) is 3.11. The molecule has 2 nitrogen and oxygen atoms in total. The van der Waals surface area contributed by atoms with Crippen molar-refractivity contribution in [1.29, 1.82) is 0 Å². The average Bonchev–Trinajstić information content (AvgIpc) is 2.23. The van der Waals surface area contributed by atoms with Gasteiger partial charge in [0.25, 0.3) is 0 Å². The zero-order chi connectivity index (χ0) is 12.6. The van der Waals surface area contributed by atoms with Gasteiger partial charge in [-0.05, 0) is 23.7 Å². The Hall–Kier alpha value is -0.530. The second-order valence-electron chi connectivity index (χ2n) is 7.12. The second-order valence-corrected chi connectivity index (χ2v) is 7.12. The van der Waals surface area contributed by atoms with E-state index in [-0.39, 0.29) is 22.2 Å². The third-order valence-corrected chi connectivity index (χ3v) is 4.21. The van der Waals surface area contributed by atoms with Crippen molar-refractivity contribution in [3.8, 4) is 0 Å². The zero-order valence-electron chi connectivity index (χ0n) is 11.7. The maximum atomic E-state index is 12.5. The van der Waals surface area contributed by atoms with Crippen LogP contribution in [0.15, 0.2) is 0 Å². The molecular weight excluding hydrogens is 198 g/mol. The molecule has 1 aliphatic rings. The van der Waals surface area contributed by atoms with Gasteiger partial charge in [-0.3, -0.25) is 4.79 Å². The lowest BCUT2D eigenvalue weighted by Crippen LogP contribution is -2.55. The molecule has 0 aromatic rings. The minimum atomic E-state index is -0.253. The fraction of sp³-hybridized carbons (Fsp3) is 0.929. The topological polar surface area (TPSA) is 29.1 Å². The summed E-state index contributed by atoms with van der Waals surface area (Å²) in [6.45, 7) is 14.0. The van der Waals surface area contributed by atoms with Crippen LogP contribution in [0.3, 0.4) is 0 Å². The minimum Gasteiger partial charge on any atom is -0.356 e. The molecule has 94 valence electrons. The van der Waals surface area contributed by atoms with Crippen LogP contribution >= 0.6 is 0 Å². The average molecular weight is 225 g/mol. The molecule has 2 heteroatoms. The Labute approximate surface area is 100 Å². The van der Waals surface area contributed by atoms with E-state index in [9.17, 15) is 4.79 Å². The summed E-state index contributed by atoms with van der Waals surface area (Å²) in [4.78, 5) is 12.5. The molecule has 1 aliphatic heterocycles. The van der Waals surface area contributed by atoms with Crippen LogP contribution in [0.25, 0.3) is 0 Å². The van der Waals surface area contributed by atoms with Crippen LogP contribution in [-0.4, -0.2) is 12.5 Å². The van der Waals surface area contributed by atoms with Crippen LogP contribution in [0, 0.1) is 16.2 Å². The summed E-state index contributed by atoms with van der Waals surface area (Å²) < 4.78 is 0. The maximum absolute atomic E-state index is 12.5. The van der Waals surface area contributed by atoms with Crippen molar-refractivity contribution in [3.05, 3.63) is 0 Å². The molecule has 1 amide bonds. The van der Waals surface area contributed by atoms with E-state index < -0.39 is 0 Å². The van der Waals surface area contributed by atoms with Crippen molar-refractivity contribution < 1.29 is 4.79 Å². The molecule has 0 radical (unpaired) electrons. The van der Waals surface area contributed by atoms with E-state index in [4.69, 9.17) is 0 Å². The van der Waals surface area contributed by atoms with Gasteiger partial charge in [0.15, 0.2) is 0 Å². The quantitative estimate of drug-likeness (QED) is 0.673. The molecule has 0 aromatic heterocycles. The monoisotopic (exact) mass is 225 g/mol. The summed E-state index contributed by atoms with van der Waals surface area (Å²) in [6, 6.07) is 0. The van der Waals surface area contributed by atoms with Gasteiger partial charge in [-0.25, -0.2) is 0 Å². The number of carbonyl (C=O) groups is 1. The summed E-state index contributed by atoms with van der Waals surface area (Å²) >= 11 is 0. The van der Waals surface area contributed by atoms with Gasteiger partial charge in [0, 0.05) is 6.54 Å². The Balaban J connectivity index is 3.26. The number of rotatable bonds is 0. The summed E-state index contributed by atoms with van der Waals surface area (Å²) in [5.74, 6) is 0.255. The Bertz CT molecular complexity index is 253. The first-order chi connectivity index (χ1) is 7.13. The lowest BCUT2D eigenvalue weighted by molar-refractivity contribution is -0.149. The van der Waals surface area contributed by atoms with Crippen LogP contribution in [0.4, 0.5) is 0 Å². The normalized spacial score (nSPS) is 22.5. The van der Waals surface area contributed by atoms with Gasteiger partial charge < -0.3 is 5.32 Å². The maximum Gasteiger partial charge on any atom is 0.227 e. The van der Waals surface area contributed by atoms with E-state index in [1.807, 2.05) is 0 Å². The van der Waals surface area contributed by atoms with E-state index in [0.29, 0.717) is 0 Å². The Kier molecular flexibility index (Phi) is 3.42. The highest BCUT2D eigenvalue weighted by molar-refractivity contribution is 5.84. The molecule has 0 aliphatic carbocycles. The molecule has 1 fully saturated rings. The molecule has 1 heterocycles. The number of hydrogen-bond donors (Lipinski definition) is 1. The van der Waals surface area contributed by atoms with Crippen molar-refractivity contribution >= 4 is 5.91 Å². The first kappa shape index (κ1) is 13.5. The van der Waals surface area contributed by atoms with Gasteiger partial charge in [-0.15, -0.1) is 0 Å². The number of hydrogen-bond acceptors (Lipinski definition) is 1. The fourth-order valence-electron chi connectivity index (χ4n) is 3.54. The molecule has 0 atom stereocenters.